The summed E-state index contributed by atoms with van der Waals surface area (Å²) >= 11 is 0. The molecule has 0 aromatic heterocycles. The topological polar surface area (TPSA) is 33.0 Å². The van der Waals surface area contributed by atoms with Crippen LogP contribution in [0.5, 0.6) is 5.75 Å². The zero-order valence-electron chi connectivity index (χ0n) is 16.2. The summed E-state index contributed by atoms with van der Waals surface area (Å²) < 4.78 is 89.8. The molecule has 0 amide bonds. The minimum atomic E-state index is -3.95. The first-order valence-electron chi connectivity index (χ1n) is 9.21. The zero-order valence-corrected chi connectivity index (χ0v) is 16.2. The van der Waals surface area contributed by atoms with E-state index in [4.69, 9.17) is 5.26 Å². The average molecular weight is 435 g/mol. The molecule has 3 rings (SSSR count). The molecular weight excluding hydrogens is 420 g/mol. The van der Waals surface area contributed by atoms with Gasteiger partial charge in [0, 0.05) is 5.56 Å². The number of rotatable bonds is 6. The number of nitriles is 1. The molecule has 0 saturated carbocycles. The fourth-order valence-corrected chi connectivity index (χ4v) is 3.02. The van der Waals surface area contributed by atoms with E-state index in [1.54, 1.807) is 0 Å². The van der Waals surface area contributed by atoms with Crippen molar-refractivity contribution in [2.75, 3.05) is 0 Å². The van der Waals surface area contributed by atoms with Gasteiger partial charge in [-0.3, -0.25) is 0 Å². The Balaban J connectivity index is 1.93. The molecule has 0 heterocycles. The summed E-state index contributed by atoms with van der Waals surface area (Å²) in [7, 11) is 0. The second-order valence-corrected chi connectivity index (χ2v) is 6.73. The van der Waals surface area contributed by atoms with Crippen LogP contribution in [-0.4, -0.2) is 0 Å². The number of aryl methyl sites for hydroxylation is 1. The van der Waals surface area contributed by atoms with Crippen LogP contribution in [0.3, 0.4) is 0 Å². The summed E-state index contributed by atoms with van der Waals surface area (Å²) in [5.74, 6) is -6.98. The lowest BCUT2D eigenvalue weighted by Crippen LogP contribution is -2.22. The third kappa shape index (κ3) is 4.50. The maximum absolute atomic E-state index is 14.5. The van der Waals surface area contributed by atoms with Crippen LogP contribution in [0.4, 0.5) is 26.3 Å². The van der Waals surface area contributed by atoms with Crippen molar-refractivity contribution in [1.29, 1.82) is 5.26 Å². The Kier molecular flexibility index (Phi) is 6.25. The number of nitrogens with zero attached hydrogens (tertiary/aromatic N) is 1. The van der Waals surface area contributed by atoms with Crippen molar-refractivity contribution in [1.82, 2.24) is 0 Å². The summed E-state index contributed by atoms with van der Waals surface area (Å²) in [6, 6.07) is 9.44. The third-order valence-corrected chi connectivity index (χ3v) is 4.58. The van der Waals surface area contributed by atoms with Crippen LogP contribution in [0.2, 0.25) is 0 Å². The van der Waals surface area contributed by atoms with Crippen LogP contribution in [0.25, 0.3) is 11.1 Å². The smallest absolute Gasteiger partial charge is 0.426 e. The molecule has 2 nitrogen and oxygen atoms in total. The Morgan fingerprint density at radius 1 is 0.903 bits per heavy atom. The molecule has 0 unspecified atom stereocenters. The Morgan fingerprint density at radius 3 is 2.06 bits per heavy atom. The molecule has 0 saturated heterocycles. The van der Waals surface area contributed by atoms with Gasteiger partial charge >= 0.3 is 6.11 Å². The second kappa shape index (κ2) is 8.72. The molecule has 0 N–H and O–H groups in total. The van der Waals surface area contributed by atoms with Crippen molar-refractivity contribution < 1.29 is 31.1 Å². The van der Waals surface area contributed by atoms with Crippen LogP contribution in [0.1, 0.15) is 30.0 Å². The molecule has 3 aromatic carbocycles. The molecule has 8 heteroatoms. The van der Waals surface area contributed by atoms with Crippen molar-refractivity contribution in [3.63, 3.8) is 0 Å². The molecule has 160 valence electrons. The van der Waals surface area contributed by atoms with Gasteiger partial charge in [0.2, 0.25) is 5.82 Å². The van der Waals surface area contributed by atoms with E-state index in [1.807, 2.05) is 6.92 Å². The molecule has 0 aliphatic heterocycles. The van der Waals surface area contributed by atoms with Gasteiger partial charge in [-0.15, -0.1) is 0 Å². The average Bonchev–Trinajstić information content (AvgIpc) is 2.72. The quantitative estimate of drug-likeness (QED) is 0.396. The maximum Gasteiger partial charge on any atom is 0.426 e. The summed E-state index contributed by atoms with van der Waals surface area (Å²) in [6.45, 7) is 1.94. The number of alkyl halides is 2. The Hall–Kier alpha value is -3.47. The standard InChI is InChI=1S/C23H15F6NO/c1-2-3-13-4-6-15(7-5-13)23(28,29)31-20-9-8-16(21(26)22(20)27)14-10-18(24)17(12-30)19(25)11-14/h4-11H,2-3H2,1H3. The van der Waals surface area contributed by atoms with Crippen LogP contribution in [-0.2, 0) is 12.5 Å². The zero-order chi connectivity index (χ0) is 22.8. The van der Waals surface area contributed by atoms with Crippen molar-refractivity contribution in [2.24, 2.45) is 0 Å². The minimum Gasteiger partial charge on any atom is -0.426 e. The number of benzene rings is 3. The van der Waals surface area contributed by atoms with Crippen molar-refractivity contribution >= 4 is 0 Å². The van der Waals surface area contributed by atoms with Crippen LogP contribution in [0, 0.1) is 34.6 Å². The highest BCUT2D eigenvalue weighted by Crippen LogP contribution is 2.36. The molecular formula is C23H15F6NO. The second-order valence-electron chi connectivity index (χ2n) is 6.73. The number of halogens is 6. The van der Waals surface area contributed by atoms with E-state index in [0.29, 0.717) is 18.6 Å². The van der Waals surface area contributed by atoms with Crippen molar-refractivity contribution in [3.05, 3.63) is 88.5 Å². The molecule has 0 atom stereocenters. The SMILES string of the molecule is CCCc1ccc(C(F)(F)Oc2ccc(-c3cc(F)c(C#N)c(F)c3)c(F)c2F)cc1. The summed E-state index contributed by atoms with van der Waals surface area (Å²) in [4.78, 5) is 0. The molecule has 0 aliphatic rings. The first-order valence-corrected chi connectivity index (χ1v) is 9.21. The van der Waals surface area contributed by atoms with Gasteiger partial charge in [-0.1, -0.05) is 25.5 Å². The largest absolute Gasteiger partial charge is 0.426 e. The summed E-state index contributed by atoms with van der Waals surface area (Å²) in [6.07, 6.45) is -2.42. The van der Waals surface area contributed by atoms with E-state index >= 15 is 0 Å². The van der Waals surface area contributed by atoms with Crippen LogP contribution >= 0.6 is 0 Å². The molecule has 31 heavy (non-hydrogen) atoms. The Bertz CT molecular complexity index is 1130. The van der Waals surface area contributed by atoms with Crippen LogP contribution < -0.4 is 4.74 Å². The summed E-state index contributed by atoms with van der Waals surface area (Å²) in [5.41, 5.74) is -1.58. The molecule has 0 bridgehead atoms. The lowest BCUT2D eigenvalue weighted by molar-refractivity contribution is -0.187. The van der Waals surface area contributed by atoms with Crippen molar-refractivity contribution in [3.8, 4) is 22.9 Å². The molecule has 0 spiro atoms. The van der Waals surface area contributed by atoms with Gasteiger partial charge in [0.1, 0.15) is 23.3 Å². The molecule has 0 fully saturated rings. The highest BCUT2D eigenvalue weighted by molar-refractivity contribution is 5.66. The number of hydrogen-bond donors (Lipinski definition) is 0. The Labute approximate surface area is 174 Å². The highest BCUT2D eigenvalue weighted by Gasteiger charge is 2.36. The predicted molar refractivity (Wildman–Crippen MR) is 101 cm³/mol. The van der Waals surface area contributed by atoms with Gasteiger partial charge in [-0.05, 0) is 53.9 Å². The fourth-order valence-electron chi connectivity index (χ4n) is 3.02. The Morgan fingerprint density at radius 2 is 1.52 bits per heavy atom. The highest BCUT2D eigenvalue weighted by atomic mass is 19.3. The van der Waals surface area contributed by atoms with E-state index in [9.17, 15) is 26.3 Å². The number of hydrogen-bond acceptors (Lipinski definition) is 2. The predicted octanol–water partition coefficient (Wildman–Crippen LogP) is 6.86. The lowest BCUT2D eigenvalue weighted by atomic mass is 10.0. The van der Waals surface area contributed by atoms with E-state index in [-0.39, 0.29) is 0 Å². The van der Waals surface area contributed by atoms with Gasteiger partial charge in [0.15, 0.2) is 11.6 Å². The van der Waals surface area contributed by atoms with Gasteiger partial charge in [-0.25, -0.2) is 13.2 Å². The summed E-state index contributed by atoms with van der Waals surface area (Å²) in [5, 5.41) is 8.69. The van der Waals surface area contributed by atoms with E-state index < -0.39 is 57.4 Å². The lowest BCUT2D eigenvalue weighted by Gasteiger charge is -2.19. The number of ether oxygens (including phenoxy) is 1. The molecule has 0 aliphatic carbocycles. The molecule has 3 aromatic rings. The maximum atomic E-state index is 14.5. The van der Waals surface area contributed by atoms with E-state index in [2.05, 4.69) is 4.74 Å². The van der Waals surface area contributed by atoms with Gasteiger partial charge < -0.3 is 4.74 Å². The monoisotopic (exact) mass is 435 g/mol. The fraction of sp³-hybridized carbons (Fsp3) is 0.174. The first kappa shape index (κ1) is 22.2. The minimum absolute atomic E-state index is 0.407. The van der Waals surface area contributed by atoms with Crippen molar-refractivity contribution in [2.45, 2.75) is 25.9 Å². The van der Waals surface area contributed by atoms with Gasteiger partial charge in [-0.2, -0.15) is 18.4 Å². The van der Waals surface area contributed by atoms with E-state index in [0.717, 1.165) is 36.2 Å². The third-order valence-electron chi connectivity index (χ3n) is 4.58. The van der Waals surface area contributed by atoms with Gasteiger partial charge in [0.05, 0.1) is 5.56 Å². The van der Waals surface area contributed by atoms with Crippen LogP contribution in [0.15, 0.2) is 48.5 Å². The first-order chi connectivity index (χ1) is 14.7. The molecule has 0 radical (unpaired) electrons. The normalized spacial score (nSPS) is 11.3. The van der Waals surface area contributed by atoms with E-state index in [1.165, 1.54) is 18.2 Å². The van der Waals surface area contributed by atoms with Gasteiger partial charge in [0.25, 0.3) is 0 Å².